The number of carbonyl (C=O) groups excluding carboxylic acids is 1. The van der Waals surface area contributed by atoms with Gasteiger partial charge in [-0.25, -0.2) is 15.0 Å². The molecular weight excluding hydrogens is 296 g/mol. The van der Waals surface area contributed by atoms with E-state index in [1.807, 2.05) is 18.4 Å². The third-order valence-electron chi connectivity index (χ3n) is 3.51. The van der Waals surface area contributed by atoms with Crippen LogP contribution in [0.5, 0.6) is 0 Å². The van der Waals surface area contributed by atoms with Gasteiger partial charge in [0, 0.05) is 24.0 Å². The van der Waals surface area contributed by atoms with Crippen molar-refractivity contribution in [1.29, 1.82) is 0 Å². The molecule has 3 rings (SSSR count). The zero-order chi connectivity index (χ0) is 16.4. The van der Waals surface area contributed by atoms with Gasteiger partial charge in [-0.3, -0.25) is 9.36 Å². The lowest BCUT2D eigenvalue weighted by Gasteiger charge is -2.07. The predicted molar refractivity (Wildman–Crippen MR) is 82.2 cm³/mol. The predicted octanol–water partition coefficient (Wildman–Crippen LogP) is 1.76. The number of aryl methyl sites for hydroxylation is 3. The minimum absolute atomic E-state index is 0.185. The van der Waals surface area contributed by atoms with E-state index >= 15 is 0 Å². The van der Waals surface area contributed by atoms with Gasteiger partial charge in [0.05, 0.1) is 12.1 Å². The second-order valence-electron chi connectivity index (χ2n) is 5.13. The lowest BCUT2D eigenvalue weighted by molar-refractivity contribution is -0.115. The van der Waals surface area contributed by atoms with Crippen LogP contribution in [0.2, 0.25) is 0 Å². The molecule has 8 nitrogen and oxygen atoms in total. The molecule has 0 atom stereocenters. The van der Waals surface area contributed by atoms with E-state index in [9.17, 15) is 4.79 Å². The van der Waals surface area contributed by atoms with E-state index in [0.717, 1.165) is 17.1 Å². The number of aromatic nitrogens is 5. The van der Waals surface area contributed by atoms with Gasteiger partial charge in [0.1, 0.15) is 29.5 Å². The first-order chi connectivity index (χ1) is 11.0. The Balaban J connectivity index is 1.76. The van der Waals surface area contributed by atoms with E-state index < -0.39 is 0 Å². The SMILES string of the molecule is Cc1noc(C)c1CC(=O)Nc1cc(-n2ccnc2C)ncn1. The van der Waals surface area contributed by atoms with Crippen LogP contribution in [-0.2, 0) is 11.2 Å². The minimum Gasteiger partial charge on any atom is -0.361 e. The maximum absolute atomic E-state index is 12.2. The van der Waals surface area contributed by atoms with Crippen LogP contribution in [0.4, 0.5) is 5.82 Å². The van der Waals surface area contributed by atoms with Crippen LogP contribution in [0.1, 0.15) is 22.8 Å². The molecule has 1 N–H and O–H groups in total. The third-order valence-corrected chi connectivity index (χ3v) is 3.51. The Morgan fingerprint density at radius 3 is 2.74 bits per heavy atom. The molecule has 3 aromatic heterocycles. The van der Waals surface area contributed by atoms with Crippen LogP contribution in [0.25, 0.3) is 5.82 Å². The molecule has 0 aliphatic rings. The molecule has 0 bridgehead atoms. The molecule has 0 saturated carbocycles. The van der Waals surface area contributed by atoms with Crippen molar-refractivity contribution in [3.63, 3.8) is 0 Å². The maximum atomic E-state index is 12.2. The topological polar surface area (TPSA) is 98.7 Å². The standard InChI is InChI=1S/C15H16N6O2/c1-9-12(10(2)23-20-9)6-15(22)19-13-7-14(18-8-17-13)21-5-4-16-11(21)3/h4-5,7-8H,6H2,1-3H3,(H,17,18,19,22). The molecule has 8 heteroatoms. The minimum atomic E-state index is -0.189. The van der Waals surface area contributed by atoms with Crippen LogP contribution in [-0.4, -0.2) is 30.6 Å². The van der Waals surface area contributed by atoms with Gasteiger partial charge in [0.2, 0.25) is 5.91 Å². The van der Waals surface area contributed by atoms with Crippen molar-refractivity contribution in [3.8, 4) is 5.82 Å². The fourth-order valence-corrected chi connectivity index (χ4v) is 2.27. The summed E-state index contributed by atoms with van der Waals surface area (Å²) in [5.41, 5.74) is 1.51. The van der Waals surface area contributed by atoms with Crippen molar-refractivity contribution >= 4 is 11.7 Å². The molecule has 118 valence electrons. The monoisotopic (exact) mass is 312 g/mol. The average Bonchev–Trinajstić information content (AvgIpc) is 3.08. The molecule has 0 aromatic carbocycles. The van der Waals surface area contributed by atoms with Crippen molar-refractivity contribution in [1.82, 2.24) is 24.7 Å². The summed E-state index contributed by atoms with van der Waals surface area (Å²) in [6.07, 6.45) is 5.07. The molecule has 3 aromatic rings. The first kappa shape index (κ1) is 14.9. The summed E-state index contributed by atoms with van der Waals surface area (Å²) in [5, 5.41) is 6.61. The molecule has 0 unspecified atom stereocenters. The number of imidazole rings is 1. The van der Waals surface area contributed by atoms with Crippen molar-refractivity contribution in [2.45, 2.75) is 27.2 Å². The molecule has 23 heavy (non-hydrogen) atoms. The second kappa shape index (κ2) is 5.99. The fourth-order valence-electron chi connectivity index (χ4n) is 2.27. The molecule has 0 radical (unpaired) electrons. The van der Waals surface area contributed by atoms with Crippen LogP contribution < -0.4 is 5.32 Å². The molecule has 3 heterocycles. The Labute approximate surface area is 132 Å². The van der Waals surface area contributed by atoms with Gasteiger partial charge < -0.3 is 9.84 Å². The van der Waals surface area contributed by atoms with E-state index in [4.69, 9.17) is 4.52 Å². The number of rotatable bonds is 4. The summed E-state index contributed by atoms with van der Waals surface area (Å²) in [7, 11) is 0. The number of nitrogens with zero attached hydrogens (tertiary/aromatic N) is 5. The van der Waals surface area contributed by atoms with Gasteiger partial charge in [0.25, 0.3) is 0 Å². The van der Waals surface area contributed by atoms with E-state index in [2.05, 4.69) is 25.4 Å². The van der Waals surface area contributed by atoms with Gasteiger partial charge in [-0.15, -0.1) is 0 Å². The number of nitrogens with one attached hydrogen (secondary N) is 1. The van der Waals surface area contributed by atoms with Crippen molar-refractivity contribution < 1.29 is 9.32 Å². The van der Waals surface area contributed by atoms with Crippen LogP contribution in [0, 0.1) is 20.8 Å². The lowest BCUT2D eigenvalue weighted by atomic mass is 10.1. The van der Waals surface area contributed by atoms with Crippen LogP contribution in [0.15, 0.2) is 29.3 Å². The molecule has 0 fully saturated rings. The second-order valence-corrected chi connectivity index (χ2v) is 5.13. The molecule has 0 aliphatic carbocycles. The Kier molecular flexibility index (Phi) is 3.88. The Morgan fingerprint density at radius 1 is 1.26 bits per heavy atom. The van der Waals surface area contributed by atoms with E-state index in [1.165, 1.54) is 6.33 Å². The Hall–Kier alpha value is -3.03. The van der Waals surface area contributed by atoms with Gasteiger partial charge in [-0.2, -0.15) is 0 Å². The molecule has 0 aliphatic heterocycles. The Morgan fingerprint density at radius 2 is 2.09 bits per heavy atom. The highest BCUT2D eigenvalue weighted by Crippen LogP contribution is 2.15. The van der Waals surface area contributed by atoms with Gasteiger partial charge in [-0.1, -0.05) is 5.16 Å². The number of hydrogen-bond acceptors (Lipinski definition) is 6. The summed E-state index contributed by atoms with van der Waals surface area (Å²) in [4.78, 5) is 24.6. The van der Waals surface area contributed by atoms with Crippen molar-refractivity contribution in [2.24, 2.45) is 0 Å². The summed E-state index contributed by atoms with van der Waals surface area (Å²) >= 11 is 0. The Bertz CT molecular complexity index is 832. The van der Waals surface area contributed by atoms with Crippen LogP contribution in [0.3, 0.4) is 0 Å². The number of carbonyl (C=O) groups is 1. The highest BCUT2D eigenvalue weighted by Gasteiger charge is 2.14. The first-order valence-electron chi connectivity index (χ1n) is 7.08. The fraction of sp³-hybridized carbons (Fsp3) is 0.267. The summed E-state index contributed by atoms with van der Waals surface area (Å²) in [5.74, 6) is 2.33. The van der Waals surface area contributed by atoms with E-state index in [1.54, 1.807) is 25.4 Å². The highest BCUT2D eigenvalue weighted by atomic mass is 16.5. The van der Waals surface area contributed by atoms with E-state index in [-0.39, 0.29) is 12.3 Å². The summed E-state index contributed by atoms with van der Waals surface area (Å²) < 4.78 is 6.87. The zero-order valence-corrected chi connectivity index (χ0v) is 13.1. The largest absolute Gasteiger partial charge is 0.361 e. The van der Waals surface area contributed by atoms with Gasteiger partial charge >= 0.3 is 0 Å². The number of hydrogen-bond donors (Lipinski definition) is 1. The lowest BCUT2D eigenvalue weighted by Crippen LogP contribution is -2.16. The van der Waals surface area contributed by atoms with E-state index in [0.29, 0.717) is 17.4 Å². The summed E-state index contributed by atoms with van der Waals surface area (Å²) in [6, 6.07) is 1.69. The van der Waals surface area contributed by atoms with Crippen molar-refractivity contribution in [3.05, 3.63) is 47.6 Å². The first-order valence-corrected chi connectivity index (χ1v) is 7.08. The molecular formula is C15H16N6O2. The number of amides is 1. The average molecular weight is 312 g/mol. The number of anilines is 1. The normalized spacial score (nSPS) is 10.7. The van der Waals surface area contributed by atoms with Gasteiger partial charge in [-0.05, 0) is 20.8 Å². The summed E-state index contributed by atoms with van der Waals surface area (Å²) in [6.45, 7) is 5.47. The zero-order valence-electron chi connectivity index (χ0n) is 13.1. The molecule has 1 amide bonds. The van der Waals surface area contributed by atoms with Crippen molar-refractivity contribution in [2.75, 3.05) is 5.32 Å². The smallest absolute Gasteiger partial charge is 0.230 e. The van der Waals surface area contributed by atoms with Gasteiger partial charge in [0.15, 0.2) is 0 Å². The molecule has 0 saturated heterocycles. The maximum Gasteiger partial charge on any atom is 0.230 e. The molecule has 0 spiro atoms. The third kappa shape index (κ3) is 3.10. The quantitative estimate of drug-likeness (QED) is 0.788. The highest BCUT2D eigenvalue weighted by molar-refractivity contribution is 5.91. The van der Waals surface area contributed by atoms with Crippen LogP contribution >= 0.6 is 0 Å².